The van der Waals surface area contributed by atoms with E-state index in [1.54, 1.807) is 13.8 Å². The van der Waals surface area contributed by atoms with Crippen LogP contribution in [0, 0.1) is 0 Å². The van der Waals surface area contributed by atoms with E-state index < -0.39 is 5.60 Å². The van der Waals surface area contributed by atoms with E-state index >= 15 is 0 Å². The smallest absolute Gasteiger partial charge is 0.0766 e. The van der Waals surface area contributed by atoms with E-state index in [-0.39, 0.29) is 6.04 Å². The Morgan fingerprint density at radius 2 is 2.30 bits per heavy atom. The summed E-state index contributed by atoms with van der Waals surface area (Å²) in [6.45, 7) is 5.80. The lowest BCUT2D eigenvalue weighted by Gasteiger charge is -2.33. The lowest BCUT2D eigenvalue weighted by molar-refractivity contribution is -0.0284. The first-order valence-corrected chi connectivity index (χ1v) is 3.64. The van der Waals surface area contributed by atoms with E-state index in [2.05, 4.69) is 5.32 Å². The molecular weight excluding hydrogens is 130 g/mol. The molecule has 3 heteroatoms. The average Bonchev–Trinajstić information content (AvgIpc) is 1.88. The molecule has 1 rings (SSSR count). The fourth-order valence-corrected chi connectivity index (χ4v) is 1.02. The van der Waals surface area contributed by atoms with Crippen molar-refractivity contribution in [2.24, 2.45) is 0 Å². The number of morpholine rings is 1. The lowest BCUT2D eigenvalue weighted by Crippen LogP contribution is -2.53. The molecular formula is C7H15NO2. The van der Waals surface area contributed by atoms with Crippen LogP contribution in [0.4, 0.5) is 0 Å². The van der Waals surface area contributed by atoms with Crippen molar-refractivity contribution < 1.29 is 9.84 Å². The highest BCUT2D eigenvalue weighted by atomic mass is 16.5. The SMILES string of the molecule is CC(C)(O)[C@@H]1COCCN1. The highest BCUT2D eigenvalue weighted by molar-refractivity contribution is 4.85. The van der Waals surface area contributed by atoms with Crippen LogP contribution in [0.15, 0.2) is 0 Å². The third-order valence-electron chi connectivity index (χ3n) is 1.77. The Bertz CT molecular complexity index is 103. The van der Waals surface area contributed by atoms with E-state index in [0.29, 0.717) is 6.61 Å². The van der Waals surface area contributed by atoms with Crippen molar-refractivity contribution in [2.45, 2.75) is 25.5 Å². The quantitative estimate of drug-likeness (QED) is 0.534. The number of hydrogen-bond acceptors (Lipinski definition) is 3. The highest BCUT2D eigenvalue weighted by Crippen LogP contribution is 2.10. The summed E-state index contributed by atoms with van der Waals surface area (Å²) >= 11 is 0. The van der Waals surface area contributed by atoms with Gasteiger partial charge in [-0.2, -0.15) is 0 Å². The molecule has 0 aliphatic carbocycles. The Kier molecular flexibility index (Phi) is 2.28. The van der Waals surface area contributed by atoms with Crippen LogP contribution in [0.3, 0.4) is 0 Å². The molecule has 1 atom stereocenters. The van der Waals surface area contributed by atoms with Gasteiger partial charge in [-0.25, -0.2) is 0 Å². The maximum absolute atomic E-state index is 9.50. The maximum atomic E-state index is 9.50. The Labute approximate surface area is 61.4 Å². The van der Waals surface area contributed by atoms with Crippen LogP contribution < -0.4 is 5.32 Å². The van der Waals surface area contributed by atoms with Gasteiger partial charge in [0.25, 0.3) is 0 Å². The van der Waals surface area contributed by atoms with Crippen molar-refractivity contribution >= 4 is 0 Å². The second-order valence-electron chi connectivity index (χ2n) is 3.24. The Morgan fingerprint density at radius 1 is 1.60 bits per heavy atom. The molecule has 1 aliphatic heterocycles. The fourth-order valence-electron chi connectivity index (χ4n) is 1.02. The summed E-state index contributed by atoms with van der Waals surface area (Å²) in [7, 11) is 0. The molecule has 1 saturated heterocycles. The molecule has 10 heavy (non-hydrogen) atoms. The average molecular weight is 145 g/mol. The zero-order valence-corrected chi connectivity index (χ0v) is 6.55. The van der Waals surface area contributed by atoms with Crippen LogP contribution in [0.25, 0.3) is 0 Å². The van der Waals surface area contributed by atoms with Gasteiger partial charge < -0.3 is 15.2 Å². The first-order chi connectivity index (χ1) is 4.61. The molecule has 60 valence electrons. The van der Waals surface area contributed by atoms with Crippen LogP contribution in [0.1, 0.15) is 13.8 Å². The summed E-state index contributed by atoms with van der Waals surface area (Å²) in [6, 6.07) is 0.0845. The van der Waals surface area contributed by atoms with Crippen LogP contribution in [-0.2, 0) is 4.74 Å². The number of nitrogens with one attached hydrogen (secondary N) is 1. The third kappa shape index (κ3) is 1.94. The Morgan fingerprint density at radius 3 is 2.60 bits per heavy atom. The largest absolute Gasteiger partial charge is 0.389 e. The van der Waals surface area contributed by atoms with Gasteiger partial charge in [-0.3, -0.25) is 0 Å². The van der Waals surface area contributed by atoms with Gasteiger partial charge in [-0.05, 0) is 13.8 Å². The van der Waals surface area contributed by atoms with Crippen molar-refractivity contribution in [1.82, 2.24) is 5.32 Å². The molecule has 0 saturated carbocycles. The summed E-state index contributed by atoms with van der Waals surface area (Å²) in [5.41, 5.74) is -0.666. The van der Waals surface area contributed by atoms with E-state index in [1.165, 1.54) is 0 Å². The summed E-state index contributed by atoms with van der Waals surface area (Å²) in [4.78, 5) is 0. The van der Waals surface area contributed by atoms with Gasteiger partial charge in [-0.1, -0.05) is 0 Å². The molecule has 0 radical (unpaired) electrons. The van der Waals surface area contributed by atoms with E-state index in [9.17, 15) is 5.11 Å². The second-order valence-corrected chi connectivity index (χ2v) is 3.24. The van der Waals surface area contributed by atoms with Gasteiger partial charge in [0.1, 0.15) is 0 Å². The summed E-state index contributed by atoms with van der Waals surface area (Å²) in [5, 5.41) is 12.7. The van der Waals surface area contributed by atoms with Gasteiger partial charge >= 0.3 is 0 Å². The van der Waals surface area contributed by atoms with Crippen molar-refractivity contribution in [3.05, 3.63) is 0 Å². The Hall–Kier alpha value is -0.120. The van der Waals surface area contributed by atoms with Crippen LogP contribution in [0.2, 0.25) is 0 Å². The molecule has 1 fully saturated rings. The molecule has 3 nitrogen and oxygen atoms in total. The van der Waals surface area contributed by atoms with Crippen LogP contribution >= 0.6 is 0 Å². The zero-order chi connectivity index (χ0) is 7.61. The van der Waals surface area contributed by atoms with Crippen molar-refractivity contribution in [3.63, 3.8) is 0 Å². The minimum Gasteiger partial charge on any atom is -0.389 e. The van der Waals surface area contributed by atoms with Gasteiger partial charge in [0.05, 0.1) is 24.9 Å². The minimum absolute atomic E-state index is 0.0845. The fraction of sp³-hybridized carbons (Fsp3) is 1.00. The molecule has 1 heterocycles. The number of rotatable bonds is 1. The predicted molar refractivity (Wildman–Crippen MR) is 38.9 cm³/mol. The minimum atomic E-state index is -0.666. The summed E-state index contributed by atoms with van der Waals surface area (Å²) < 4.78 is 5.19. The number of ether oxygens (including phenoxy) is 1. The van der Waals surface area contributed by atoms with Gasteiger partial charge in [0.15, 0.2) is 0 Å². The van der Waals surface area contributed by atoms with Crippen molar-refractivity contribution in [2.75, 3.05) is 19.8 Å². The predicted octanol–water partition coefficient (Wildman–Crippen LogP) is -0.254. The van der Waals surface area contributed by atoms with Gasteiger partial charge in [0.2, 0.25) is 0 Å². The molecule has 0 bridgehead atoms. The molecule has 1 aliphatic rings. The van der Waals surface area contributed by atoms with Gasteiger partial charge in [-0.15, -0.1) is 0 Å². The third-order valence-corrected chi connectivity index (χ3v) is 1.77. The monoisotopic (exact) mass is 145 g/mol. The molecule has 0 spiro atoms. The Balaban J connectivity index is 2.39. The van der Waals surface area contributed by atoms with Crippen molar-refractivity contribution in [1.29, 1.82) is 0 Å². The van der Waals surface area contributed by atoms with E-state index in [4.69, 9.17) is 4.74 Å². The molecule has 0 aromatic heterocycles. The van der Waals surface area contributed by atoms with Crippen LogP contribution in [-0.4, -0.2) is 36.5 Å². The van der Waals surface area contributed by atoms with Gasteiger partial charge in [0, 0.05) is 6.54 Å². The lowest BCUT2D eigenvalue weighted by atomic mass is 9.99. The highest BCUT2D eigenvalue weighted by Gasteiger charge is 2.27. The van der Waals surface area contributed by atoms with Crippen molar-refractivity contribution in [3.8, 4) is 0 Å². The van der Waals surface area contributed by atoms with E-state index in [1.807, 2.05) is 0 Å². The first kappa shape index (κ1) is 7.98. The molecule has 2 N–H and O–H groups in total. The van der Waals surface area contributed by atoms with Crippen LogP contribution in [0.5, 0.6) is 0 Å². The summed E-state index contributed by atoms with van der Waals surface area (Å²) in [5.74, 6) is 0. The topological polar surface area (TPSA) is 41.5 Å². The standard InChI is InChI=1S/C7H15NO2/c1-7(2,9)6-5-10-4-3-8-6/h6,8-9H,3-5H2,1-2H3/t6-/m0/s1. The maximum Gasteiger partial charge on any atom is 0.0766 e. The molecule has 0 amide bonds. The first-order valence-electron chi connectivity index (χ1n) is 3.64. The number of hydrogen-bond donors (Lipinski definition) is 2. The molecule has 0 aromatic rings. The molecule has 0 unspecified atom stereocenters. The molecule has 0 aromatic carbocycles. The summed E-state index contributed by atoms with van der Waals surface area (Å²) in [6.07, 6.45) is 0. The number of aliphatic hydroxyl groups is 1. The van der Waals surface area contributed by atoms with E-state index in [0.717, 1.165) is 13.2 Å². The normalized spacial score (nSPS) is 28.5. The second kappa shape index (κ2) is 2.86. The zero-order valence-electron chi connectivity index (χ0n) is 6.55.